The largest absolute Gasteiger partial charge is 0.383 e. The molecule has 0 N–H and O–H groups in total. The van der Waals surface area contributed by atoms with Gasteiger partial charge >= 0.3 is 0 Å². The Kier molecular flexibility index (Phi) is 7.10. The molecule has 0 atom stereocenters. The Morgan fingerprint density at radius 1 is 1.04 bits per heavy atom. The van der Waals surface area contributed by atoms with Gasteiger partial charge in [0.2, 0.25) is 0 Å². The molecule has 5 heteroatoms. The zero-order valence-corrected chi connectivity index (χ0v) is 15.5. The second-order valence-electron chi connectivity index (χ2n) is 6.28. The van der Waals surface area contributed by atoms with Crippen molar-refractivity contribution >= 4 is 5.91 Å². The van der Waals surface area contributed by atoms with Gasteiger partial charge in [0.25, 0.3) is 5.91 Å². The van der Waals surface area contributed by atoms with Crippen LogP contribution in [0.1, 0.15) is 16.1 Å². The molecule has 0 saturated heterocycles. The van der Waals surface area contributed by atoms with Crippen LogP contribution in [0.15, 0.2) is 42.5 Å². The minimum Gasteiger partial charge on any atom is -0.383 e. The Hall–Kier alpha value is -2.24. The maximum atomic E-state index is 12.9. The van der Waals surface area contributed by atoms with E-state index in [0.717, 1.165) is 23.5 Å². The standard InChI is InChI=1S/C20H27N3O2/c1-16-18(10-11-19(21-16)17-8-6-5-7-9-17)20(24)23(14-15-25-4)13-12-22(2)3/h5-11H,12-15H2,1-4H3. The van der Waals surface area contributed by atoms with E-state index in [1.807, 2.05) is 68.4 Å². The molecule has 0 bridgehead atoms. The molecule has 1 amide bonds. The van der Waals surface area contributed by atoms with E-state index in [4.69, 9.17) is 4.74 Å². The summed E-state index contributed by atoms with van der Waals surface area (Å²) in [4.78, 5) is 21.5. The molecule has 25 heavy (non-hydrogen) atoms. The average molecular weight is 341 g/mol. The van der Waals surface area contributed by atoms with Crippen molar-refractivity contribution in [3.05, 3.63) is 53.7 Å². The second-order valence-corrected chi connectivity index (χ2v) is 6.28. The number of carbonyl (C=O) groups excluding carboxylic acids is 1. The number of likely N-dealkylation sites (N-methyl/N-ethyl adjacent to an activating group) is 1. The van der Waals surface area contributed by atoms with E-state index in [-0.39, 0.29) is 5.91 Å². The van der Waals surface area contributed by atoms with Gasteiger partial charge in [-0.25, -0.2) is 0 Å². The minimum atomic E-state index is 0.00325. The number of aryl methyl sites for hydroxylation is 1. The summed E-state index contributed by atoms with van der Waals surface area (Å²) < 4.78 is 5.15. The van der Waals surface area contributed by atoms with E-state index < -0.39 is 0 Å². The van der Waals surface area contributed by atoms with Crippen molar-refractivity contribution in [2.24, 2.45) is 0 Å². The molecule has 0 saturated carbocycles. The molecular weight excluding hydrogens is 314 g/mol. The number of nitrogens with zero attached hydrogens (tertiary/aromatic N) is 3. The van der Waals surface area contributed by atoms with Crippen molar-refractivity contribution in [3.63, 3.8) is 0 Å². The van der Waals surface area contributed by atoms with Crippen LogP contribution in [0.25, 0.3) is 11.3 Å². The van der Waals surface area contributed by atoms with E-state index in [9.17, 15) is 4.79 Å². The fraction of sp³-hybridized carbons (Fsp3) is 0.400. The van der Waals surface area contributed by atoms with Crippen LogP contribution >= 0.6 is 0 Å². The quantitative estimate of drug-likeness (QED) is 0.741. The molecule has 2 aromatic rings. The number of hydrogen-bond donors (Lipinski definition) is 0. The third-order valence-electron chi connectivity index (χ3n) is 4.06. The smallest absolute Gasteiger partial charge is 0.255 e. The summed E-state index contributed by atoms with van der Waals surface area (Å²) in [7, 11) is 5.65. The highest BCUT2D eigenvalue weighted by Gasteiger charge is 2.18. The molecule has 0 unspecified atom stereocenters. The van der Waals surface area contributed by atoms with Crippen LogP contribution < -0.4 is 0 Å². The molecular formula is C20H27N3O2. The summed E-state index contributed by atoms with van der Waals surface area (Å²) in [6.07, 6.45) is 0. The molecule has 0 radical (unpaired) electrons. The molecule has 0 aliphatic rings. The summed E-state index contributed by atoms with van der Waals surface area (Å²) in [5.41, 5.74) is 3.33. The van der Waals surface area contributed by atoms with Crippen molar-refractivity contribution in [1.82, 2.24) is 14.8 Å². The van der Waals surface area contributed by atoms with Gasteiger partial charge < -0.3 is 14.5 Å². The lowest BCUT2D eigenvalue weighted by molar-refractivity contribution is 0.0682. The van der Waals surface area contributed by atoms with Crippen LogP contribution in [-0.4, -0.2) is 68.1 Å². The van der Waals surface area contributed by atoms with E-state index in [0.29, 0.717) is 25.3 Å². The summed E-state index contributed by atoms with van der Waals surface area (Å²) in [6.45, 7) is 4.45. The number of benzene rings is 1. The topological polar surface area (TPSA) is 45.7 Å². The zero-order valence-electron chi connectivity index (χ0n) is 15.5. The molecule has 5 nitrogen and oxygen atoms in total. The number of amides is 1. The molecule has 134 valence electrons. The van der Waals surface area contributed by atoms with Crippen LogP contribution in [-0.2, 0) is 4.74 Å². The van der Waals surface area contributed by atoms with E-state index in [1.165, 1.54) is 0 Å². The minimum absolute atomic E-state index is 0.00325. The molecule has 0 aliphatic carbocycles. The SMILES string of the molecule is COCCN(CCN(C)C)C(=O)c1ccc(-c2ccccc2)nc1C. The number of methoxy groups -OCH3 is 1. The Bertz CT molecular complexity index is 687. The lowest BCUT2D eigenvalue weighted by atomic mass is 10.1. The third-order valence-corrected chi connectivity index (χ3v) is 4.06. The Morgan fingerprint density at radius 2 is 1.76 bits per heavy atom. The first-order valence-electron chi connectivity index (χ1n) is 8.49. The van der Waals surface area contributed by atoms with Gasteiger partial charge in [-0.2, -0.15) is 0 Å². The van der Waals surface area contributed by atoms with Gasteiger partial charge in [0.15, 0.2) is 0 Å². The Morgan fingerprint density at radius 3 is 2.36 bits per heavy atom. The monoisotopic (exact) mass is 341 g/mol. The number of ether oxygens (including phenoxy) is 1. The van der Waals surface area contributed by atoms with Gasteiger partial charge in [0, 0.05) is 32.3 Å². The van der Waals surface area contributed by atoms with Crippen molar-refractivity contribution in [1.29, 1.82) is 0 Å². The highest BCUT2D eigenvalue weighted by Crippen LogP contribution is 2.19. The van der Waals surface area contributed by atoms with E-state index >= 15 is 0 Å². The van der Waals surface area contributed by atoms with Crippen molar-refractivity contribution < 1.29 is 9.53 Å². The van der Waals surface area contributed by atoms with Gasteiger partial charge in [0.1, 0.15) is 0 Å². The molecule has 1 heterocycles. The predicted octanol–water partition coefficient (Wildman–Crippen LogP) is 2.71. The summed E-state index contributed by atoms with van der Waals surface area (Å²) >= 11 is 0. The maximum absolute atomic E-state index is 12.9. The van der Waals surface area contributed by atoms with Crippen LogP contribution in [0.3, 0.4) is 0 Å². The number of hydrogen-bond acceptors (Lipinski definition) is 4. The normalized spacial score (nSPS) is 10.9. The first-order chi connectivity index (χ1) is 12.0. The highest BCUT2D eigenvalue weighted by atomic mass is 16.5. The third kappa shape index (κ3) is 5.37. The molecule has 1 aromatic heterocycles. The predicted molar refractivity (Wildman–Crippen MR) is 101 cm³/mol. The fourth-order valence-corrected chi connectivity index (χ4v) is 2.56. The van der Waals surface area contributed by atoms with Crippen LogP contribution in [0, 0.1) is 6.92 Å². The summed E-state index contributed by atoms with van der Waals surface area (Å²) in [5, 5.41) is 0. The Labute approximate surface area is 150 Å². The van der Waals surface area contributed by atoms with Gasteiger partial charge in [-0.3, -0.25) is 9.78 Å². The number of rotatable bonds is 8. The van der Waals surface area contributed by atoms with Crippen molar-refractivity contribution in [3.8, 4) is 11.3 Å². The maximum Gasteiger partial charge on any atom is 0.255 e. The number of carbonyl (C=O) groups is 1. The van der Waals surface area contributed by atoms with Gasteiger partial charge in [-0.15, -0.1) is 0 Å². The number of pyridine rings is 1. The first-order valence-corrected chi connectivity index (χ1v) is 8.49. The van der Waals surface area contributed by atoms with Crippen LogP contribution in [0.5, 0.6) is 0 Å². The first kappa shape index (κ1) is 19.1. The van der Waals surface area contributed by atoms with Crippen LogP contribution in [0.4, 0.5) is 0 Å². The second kappa shape index (κ2) is 9.30. The molecule has 2 rings (SSSR count). The molecule has 0 spiro atoms. The summed E-state index contributed by atoms with van der Waals surface area (Å²) in [5.74, 6) is 0.00325. The number of aromatic nitrogens is 1. The average Bonchev–Trinajstić information content (AvgIpc) is 2.62. The van der Waals surface area contributed by atoms with Crippen molar-refractivity contribution in [2.45, 2.75) is 6.92 Å². The lowest BCUT2D eigenvalue weighted by Gasteiger charge is -2.24. The fourth-order valence-electron chi connectivity index (χ4n) is 2.56. The molecule has 0 fully saturated rings. The van der Waals surface area contributed by atoms with Crippen molar-refractivity contribution in [2.75, 3.05) is 47.4 Å². The lowest BCUT2D eigenvalue weighted by Crippen LogP contribution is -2.39. The summed E-state index contributed by atoms with van der Waals surface area (Å²) in [6, 6.07) is 13.8. The highest BCUT2D eigenvalue weighted by molar-refractivity contribution is 5.95. The van der Waals surface area contributed by atoms with E-state index in [2.05, 4.69) is 9.88 Å². The van der Waals surface area contributed by atoms with Crippen LogP contribution in [0.2, 0.25) is 0 Å². The molecule has 0 aliphatic heterocycles. The van der Waals surface area contributed by atoms with Gasteiger partial charge in [0.05, 0.1) is 23.6 Å². The Balaban J connectivity index is 2.20. The van der Waals surface area contributed by atoms with Gasteiger partial charge in [-0.1, -0.05) is 30.3 Å². The van der Waals surface area contributed by atoms with E-state index in [1.54, 1.807) is 7.11 Å². The molecule has 1 aromatic carbocycles. The van der Waals surface area contributed by atoms with Gasteiger partial charge in [-0.05, 0) is 33.2 Å². The zero-order chi connectivity index (χ0) is 18.2.